The molecule has 0 aliphatic heterocycles. The van der Waals surface area contributed by atoms with Crippen LogP contribution in [-0.4, -0.2) is 30.4 Å². The average Bonchev–Trinajstić information content (AvgIpc) is 2.34. The van der Waals surface area contributed by atoms with Crippen molar-refractivity contribution in [3.8, 4) is 0 Å². The molecule has 17 heavy (non-hydrogen) atoms. The summed E-state index contributed by atoms with van der Waals surface area (Å²) in [5, 5.41) is 0. The standard InChI is InChI=1S/C14H22N2O/c1-4-16(10-12(3)9-15)14(17)13-7-5-6-11(2)8-13/h5-8,12H,4,9-10,15H2,1-3H3. The molecule has 94 valence electrons. The Morgan fingerprint density at radius 1 is 1.47 bits per heavy atom. The lowest BCUT2D eigenvalue weighted by atomic mass is 10.1. The van der Waals surface area contributed by atoms with Crippen molar-refractivity contribution in [2.24, 2.45) is 11.7 Å². The van der Waals surface area contributed by atoms with Crippen LogP contribution in [0, 0.1) is 12.8 Å². The quantitative estimate of drug-likeness (QED) is 0.847. The maximum Gasteiger partial charge on any atom is 0.253 e. The van der Waals surface area contributed by atoms with Gasteiger partial charge in [0.1, 0.15) is 0 Å². The number of nitrogens with zero attached hydrogens (tertiary/aromatic N) is 1. The zero-order valence-electron chi connectivity index (χ0n) is 10.9. The van der Waals surface area contributed by atoms with Gasteiger partial charge in [-0.25, -0.2) is 0 Å². The molecule has 1 unspecified atom stereocenters. The highest BCUT2D eigenvalue weighted by Crippen LogP contribution is 2.09. The lowest BCUT2D eigenvalue weighted by molar-refractivity contribution is 0.0743. The second-order valence-electron chi connectivity index (χ2n) is 4.55. The molecule has 0 spiro atoms. The summed E-state index contributed by atoms with van der Waals surface area (Å²) >= 11 is 0. The van der Waals surface area contributed by atoms with Gasteiger partial charge in [-0.1, -0.05) is 24.6 Å². The van der Waals surface area contributed by atoms with E-state index in [1.165, 1.54) is 0 Å². The molecule has 3 nitrogen and oxygen atoms in total. The van der Waals surface area contributed by atoms with Crippen molar-refractivity contribution in [1.82, 2.24) is 4.90 Å². The first-order chi connectivity index (χ1) is 8.08. The molecule has 3 heteroatoms. The van der Waals surface area contributed by atoms with Crippen molar-refractivity contribution in [3.05, 3.63) is 35.4 Å². The van der Waals surface area contributed by atoms with Crippen LogP contribution < -0.4 is 5.73 Å². The lowest BCUT2D eigenvalue weighted by Gasteiger charge is -2.24. The predicted molar refractivity (Wildman–Crippen MR) is 71.0 cm³/mol. The van der Waals surface area contributed by atoms with Gasteiger partial charge in [-0.3, -0.25) is 4.79 Å². The van der Waals surface area contributed by atoms with Gasteiger partial charge in [0.2, 0.25) is 0 Å². The average molecular weight is 234 g/mol. The molecule has 0 aliphatic carbocycles. The van der Waals surface area contributed by atoms with E-state index in [4.69, 9.17) is 5.73 Å². The van der Waals surface area contributed by atoms with E-state index in [2.05, 4.69) is 6.92 Å². The summed E-state index contributed by atoms with van der Waals surface area (Å²) in [5.74, 6) is 0.431. The fraction of sp³-hybridized carbons (Fsp3) is 0.500. The van der Waals surface area contributed by atoms with Crippen LogP contribution in [0.3, 0.4) is 0 Å². The Labute approximate surface area is 104 Å². The van der Waals surface area contributed by atoms with Gasteiger partial charge in [0, 0.05) is 18.7 Å². The molecule has 1 amide bonds. The largest absolute Gasteiger partial charge is 0.339 e. The van der Waals surface area contributed by atoms with Gasteiger partial charge in [-0.05, 0) is 38.4 Å². The van der Waals surface area contributed by atoms with Gasteiger partial charge in [-0.15, -0.1) is 0 Å². The van der Waals surface area contributed by atoms with E-state index in [1.54, 1.807) is 0 Å². The third kappa shape index (κ3) is 3.86. The number of amides is 1. The Morgan fingerprint density at radius 3 is 2.71 bits per heavy atom. The van der Waals surface area contributed by atoms with Crippen molar-refractivity contribution < 1.29 is 4.79 Å². The normalized spacial score (nSPS) is 12.2. The number of carbonyl (C=O) groups excluding carboxylic acids is 1. The fourth-order valence-electron chi connectivity index (χ4n) is 1.77. The third-order valence-corrected chi connectivity index (χ3v) is 2.87. The van der Waals surface area contributed by atoms with E-state index in [0.717, 1.165) is 24.2 Å². The van der Waals surface area contributed by atoms with Crippen molar-refractivity contribution >= 4 is 5.91 Å². The molecule has 0 saturated heterocycles. The summed E-state index contributed by atoms with van der Waals surface area (Å²) in [4.78, 5) is 14.1. The minimum Gasteiger partial charge on any atom is -0.339 e. The third-order valence-electron chi connectivity index (χ3n) is 2.87. The fourth-order valence-corrected chi connectivity index (χ4v) is 1.77. The van der Waals surface area contributed by atoms with Crippen LogP contribution in [-0.2, 0) is 0 Å². The van der Waals surface area contributed by atoms with Gasteiger partial charge in [0.05, 0.1) is 0 Å². The Morgan fingerprint density at radius 2 is 2.18 bits per heavy atom. The zero-order chi connectivity index (χ0) is 12.8. The summed E-state index contributed by atoms with van der Waals surface area (Å²) in [6.45, 7) is 8.10. The topological polar surface area (TPSA) is 46.3 Å². The van der Waals surface area contributed by atoms with E-state index in [0.29, 0.717) is 12.5 Å². The van der Waals surface area contributed by atoms with E-state index in [1.807, 2.05) is 43.0 Å². The van der Waals surface area contributed by atoms with Crippen LogP contribution in [0.5, 0.6) is 0 Å². The number of hydrogen-bond acceptors (Lipinski definition) is 2. The van der Waals surface area contributed by atoms with Crippen molar-refractivity contribution in [3.63, 3.8) is 0 Å². The molecule has 0 fully saturated rings. The second-order valence-corrected chi connectivity index (χ2v) is 4.55. The second kappa shape index (κ2) is 6.40. The van der Waals surface area contributed by atoms with E-state index >= 15 is 0 Å². The lowest BCUT2D eigenvalue weighted by Crippen LogP contribution is -2.36. The minimum atomic E-state index is 0.0940. The van der Waals surface area contributed by atoms with Crippen LogP contribution in [0.1, 0.15) is 29.8 Å². The highest BCUT2D eigenvalue weighted by atomic mass is 16.2. The van der Waals surface area contributed by atoms with E-state index in [-0.39, 0.29) is 5.91 Å². The summed E-state index contributed by atoms with van der Waals surface area (Å²) in [7, 11) is 0. The first-order valence-corrected chi connectivity index (χ1v) is 6.14. The molecule has 1 rings (SSSR count). The van der Waals surface area contributed by atoms with Crippen LogP contribution in [0.25, 0.3) is 0 Å². The number of nitrogens with two attached hydrogens (primary N) is 1. The van der Waals surface area contributed by atoms with Crippen LogP contribution >= 0.6 is 0 Å². The molecule has 1 aromatic carbocycles. The van der Waals surface area contributed by atoms with Gasteiger partial charge in [0.15, 0.2) is 0 Å². The van der Waals surface area contributed by atoms with E-state index < -0.39 is 0 Å². The highest BCUT2D eigenvalue weighted by molar-refractivity contribution is 5.94. The first kappa shape index (κ1) is 13.7. The van der Waals surface area contributed by atoms with Crippen LogP contribution in [0.15, 0.2) is 24.3 Å². The zero-order valence-corrected chi connectivity index (χ0v) is 10.9. The van der Waals surface area contributed by atoms with Crippen molar-refractivity contribution in [2.75, 3.05) is 19.6 Å². The molecular weight excluding hydrogens is 212 g/mol. The molecule has 2 N–H and O–H groups in total. The van der Waals surface area contributed by atoms with Crippen molar-refractivity contribution in [2.45, 2.75) is 20.8 Å². The molecule has 1 aromatic rings. The highest BCUT2D eigenvalue weighted by Gasteiger charge is 2.15. The minimum absolute atomic E-state index is 0.0940. The number of hydrogen-bond donors (Lipinski definition) is 1. The summed E-state index contributed by atoms with van der Waals surface area (Å²) in [5.41, 5.74) is 7.47. The van der Waals surface area contributed by atoms with Gasteiger partial charge in [-0.2, -0.15) is 0 Å². The predicted octanol–water partition coefficient (Wildman–Crippen LogP) is 2.05. The maximum atomic E-state index is 12.3. The molecule has 0 saturated carbocycles. The molecule has 0 bridgehead atoms. The summed E-state index contributed by atoms with van der Waals surface area (Å²) < 4.78 is 0. The number of rotatable bonds is 5. The van der Waals surface area contributed by atoms with Gasteiger partial charge in [0.25, 0.3) is 5.91 Å². The molecule has 0 aliphatic rings. The Hall–Kier alpha value is -1.35. The smallest absolute Gasteiger partial charge is 0.253 e. The molecule has 0 radical (unpaired) electrons. The molecular formula is C14H22N2O. The van der Waals surface area contributed by atoms with E-state index in [9.17, 15) is 4.79 Å². The monoisotopic (exact) mass is 234 g/mol. The van der Waals surface area contributed by atoms with Gasteiger partial charge >= 0.3 is 0 Å². The Bertz CT molecular complexity index is 376. The Balaban J connectivity index is 2.79. The van der Waals surface area contributed by atoms with Crippen molar-refractivity contribution in [1.29, 1.82) is 0 Å². The molecule has 1 atom stereocenters. The molecule has 0 heterocycles. The maximum absolute atomic E-state index is 12.3. The van der Waals surface area contributed by atoms with Crippen LogP contribution in [0.4, 0.5) is 0 Å². The number of benzene rings is 1. The number of carbonyl (C=O) groups is 1. The van der Waals surface area contributed by atoms with Crippen LogP contribution in [0.2, 0.25) is 0 Å². The molecule has 0 aromatic heterocycles. The SMILES string of the molecule is CCN(CC(C)CN)C(=O)c1cccc(C)c1. The summed E-state index contributed by atoms with van der Waals surface area (Å²) in [6.07, 6.45) is 0. The Kier molecular flexibility index (Phi) is 5.16. The number of aryl methyl sites for hydroxylation is 1. The van der Waals surface area contributed by atoms with Gasteiger partial charge < -0.3 is 10.6 Å². The summed E-state index contributed by atoms with van der Waals surface area (Å²) in [6, 6.07) is 7.71. The first-order valence-electron chi connectivity index (χ1n) is 6.14.